The van der Waals surface area contributed by atoms with E-state index >= 15 is 0 Å². The molecule has 1 atom stereocenters. The summed E-state index contributed by atoms with van der Waals surface area (Å²) in [5, 5.41) is 18.3. The second-order valence-corrected chi connectivity index (χ2v) is 2.80. The van der Waals surface area contributed by atoms with Crippen LogP contribution in [0.2, 0.25) is 0 Å². The maximum atomic E-state index is 12.8. The molecule has 1 rings (SSSR count). The van der Waals surface area contributed by atoms with Gasteiger partial charge in [0.1, 0.15) is 0 Å². The fourth-order valence-corrected chi connectivity index (χ4v) is 1.05. The van der Waals surface area contributed by atoms with E-state index in [1.807, 2.05) is 0 Å². The number of hydrogen-bond donors (Lipinski definition) is 3. The zero-order valence-corrected chi connectivity index (χ0v) is 7.07. The molecule has 0 spiro atoms. The summed E-state index contributed by atoms with van der Waals surface area (Å²) in [5.74, 6) is -1.14. The summed E-state index contributed by atoms with van der Waals surface area (Å²) in [6, 6.07) is 3.79. The molecule has 0 saturated carbocycles. The fraction of sp³-hybridized carbons (Fsp3) is 0.333. The molecule has 0 aliphatic heterocycles. The topological polar surface area (TPSA) is 66.5 Å². The van der Waals surface area contributed by atoms with Crippen LogP contribution in [-0.2, 0) is 0 Å². The largest absolute Gasteiger partial charge is 0.505 e. The van der Waals surface area contributed by atoms with Crippen LogP contribution in [-0.4, -0.2) is 16.8 Å². The van der Waals surface area contributed by atoms with Crippen molar-refractivity contribution in [3.8, 4) is 5.75 Å². The van der Waals surface area contributed by atoms with E-state index in [9.17, 15) is 9.50 Å². The highest BCUT2D eigenvalue weighted by molar-refractivity contribution is 5.29. The van der Waals surface area contributed by atoms with Gasteiger partial charge in [-0.2, -0.15) is 0 Å². The lowest BCUT2D eigenvalue weighted by Crippen LogP contribution is -2.06. The molecule has 1 aromatic rings. The van der Waals surface area contributed by atoms with Gasteiger partial charge in [-0.15, -0.1) is 0 Å². The molecule has 0 aromatic heterocycles. The molecule has 0 fully saturated rings. The maximum Gasteiger partial charge on any atom is 0.165 e. The summed E-state index contributed by atoms with van der Waals surface area (Å²) in [5.41, 5.74) is 5.66. The number of phenols is 1. The van der Waals surface area contributed by atoms with Gasteiger partial charge in [0, 0.05) is 0 Å². The van der Waals surface area contributed by atoms with E-state index in [-0.39, 0.29) is 0 Å². The Morgan fingerprint density at radius 1 is 1.46 bits per heavy atom. The summed E-state index contributed by atoms with van der Waals surface area (Å²) >= 11 is 0. The van der Waals surface area contributed by atoms with Crippen molar-refractivity contribution < 1.29 is 14.6 Å². The van der Waals surface area contributed by atoms with Crippen LogP contribution in [0.4, 0.5) is 4.39 Å². The molecule has 0 aliphatic rings. The minimum absolute atomic E-state index is 0.337. The highest BCUT2D eigenvalue weighted by atomic mass is 19.1. The van der Waals surface area contributed by atoms with Gasteiger partial charge in [-0.05, 0) is 30.7 Å². The number of aromatic hydroxyl groups is 1. The lowest BCUT2D eigenvalue weighted by molar-refractivity contribution is 0.169. The summed E-state index contributed by atoms with van der Waals surface area (Å²) in [6.07, 6.45) is -0.385. The van der Waals surface area contributed by atoms with E-state index < -0.39 is 17.7 Å². The Morgan fingerprint density at radius 2 is 2.15 bits per heavy atom. The molecule has 0 unspecified atom stereocenters. The number of aliphatic hydroxyl groups is 1. The third-order valence-corrected chi connectivity index (χ3v) is 1.80. The SMILES string of the molecule is NCC[C@@H](O)c1ccc(O)c(F)c1. The van der Waals surface area contributed by atoms with Gasteiger partial charge in [0.15, 0.2) is 11.6 Å². The molecule has 0 radical (unpaired) electrons. The van der Waals surface area contributed by atoms with Gasteiger partial charge in [0.2, 0.25) is 0 Å². The molecule has 0 aliphatic carbocycles. The third kappa shape index (κ3) is 2.40. The van der Waals surface area contributed by atoms with E-state index in [1.54, 1.807) is 0 Å². The number of phenolic OH excluding ortho intramolecular Hbond substituents is 1. The van der Waals surface area contributed by atoms with E-state index in [0.29, 0.717) is 18.5 Å². The van der Waals surface area contributed by atoms with Gasteiger partial charge in [-0.1, -0.05) is 6.07 Å². The number of nitrogens with two attached hydrogens (primary N) is 1. The van der Waals surface area contributed by atoms with Crippen LogP contribution in [0.25, 0.3) is 0 Å². The van der Waals surface area contributed by atoms with Gasteiger partial charge in [-0.25, -0.2) is 4.39 Å². The molecule has 4 N–H and O–H groups in total. The minimum atomic E-state index is -0.764. The molecular weight excluding hydrogens is 173 g/mol. The Bertz CT molecular complexity index is 291. The summed E-state index contributed by atoms with van der Waals surface area (Å²) in [6.45, 7) is 0.337. The van der Waals surface area contributed by atoms with Crippen molar-refractivity contribution in [2.24, 2.45) is 5.73 Å². The predicted molar refractivity (Wildman–Crippen MR) is 46.7 cm³/mol. The molecule has 3 nitrogen and oxygen atoms in total. The van der Waals surface area contributed by atoms with E-state index in [4.69, 9.17) is 10.8 Å². The zero-order chi connectivity index (χ0) is 9.84. The highest BCUT2D eigenvalue weighted by Crippen LogP contribution is 2.22. The first-order valence-electron chi connectivity index (χ1n) is 4.01. The van der Waals surface area contributed by atoms with Crippen LogP contribution in [0, 0.1) is 5.82 Å². The van der Waals surface area contributed by atoms with Gasteiger partial charge >= 0.3 is 0 Å². The number of aliphatic hydroxyl groups excluding tert-OH is 1. The van der Waals surface area contributed by atoms with Gasteiger partial charge < -0.3 is 15.9 Å². The number of benzene rings is 1. The normalized spacial score (nSPS) is 12.8. The van der Waals surface area contributed by atoms with Crippen molar-refractivity contribution in [3.63, 3.8) is 0 Å². The Kier molecular flexibility index (Phi) is 3.22. The van der Waals surface area contributed by atoms with Gasteiger partial charge in [0.25, 0.3) is 0 Å². The van der Waals surface area contributed by atoms with E-state index in [0.717, 1.165) is 6.07 Å². The maximum absolute atomic E-state index is 12.8. The monoisotopic (exact) mass is 185 g/mol. The molecular formula is C9H12FNO2. The van der Waals surface area contributed by atoms with Gasteiger partial charge in [-0.3, -0.25) is 0 Å². The quantitative estimate of drug-likeness (QED) is 0.655. The van der Waals surface area contributed by atoms with Crippen LogP contribution in [0.1, 0.15) is 18.1 Å². The number of rotatable bonds is 3. The first-order chi connectivity index (χ1) is 6.15. The average Bonchev–Trinajstić information content (AvgIpc) is 2.10. The van der Waals surface area contributed by atoms with Gasteiger partial charge in [0.05, 0.1) is 6.10 Å². The Balaban J connectivity index is 2.84. The second-order valence-electron chi connectivity index (χ2n) is 2.80. The molecule has 0 heterocycles. The molecule has 13 heavy (non-hydrogen) atoms. The zero-order valence-electron chi connectivity index (χ0n) is 7.07. The summed E-state index contributed by atoms with van der Waals surface area (Å²) in [4.78, 5) is 0. The van der Waals surface area contributed by atoms with Crippen molar-refractivity contribution in [2.45, 2.75) is 12.5 Å². The average molecular weight is 185 g/mol. The lowest BCUT2D eigenvalue weighted by atomic mass is 10.1. The standard InChI is InChI=1S/C9H12FNO2/c10-7-5-6(1-2-9(7)13)8(12)3-4-11/h1-2,5,8,12-13H,3-4,11H2/t8-/m1/s1. The Labute approximate surface area is 75.6 Å². The van der Waals surface area contributed by atoms with Crippen molar-refractivity contribution >= 4 is 0 Å². The Hall–Kier alpha value is -1.13. The van der Waals surface area contributed by atoms with Crippen LogP contribution in [0.15, 0.2) is 18.2 Å². The fourth-order valence-electron chi connectivity index (χ4n) is 1.05. The first kappa shape index (κ1) is 9.95. The van der Waals surface area contributed by atoms with E-state index in [2.05, 4.69) is 0 Å². The van der Waals surface area contributed by atoms with Crippen molar-refractivity contribution in [1.82, 2.24) is 0 Å². The second kappa shape index (κ2) is 4.20. The van der Waals surface area contributed by atoms with E-state index in [1.165, 1.54) is 12.1 Å². The smallest absolute Gasteiger partial charge is 0.165 e. The number of halogens is 1. The Morgan fingerprint density at radius 3 is 2.69 bits per heavy atom. The third-order valence-electron chi connectivity index (χ3n) is 1.80. The van der Waals surface area contributed by atoms with Crippen molar-refractivity contribution in [2.75, 3.05) is 6.54 Å². The molecule has 0 bridgehead atoms. The molecule has 0 amide bonds. The summed E-state index contributed by atoms with van der Waals surface area (Å²) < 4.78 is 12.8. The lowest BCUT2D eigenvalue weighted by Gasteiger charge is -2.09. The van der Waals surface area contributed by atoms with Crippen molar-refractivity contribution in [3.05, 3.63) is 29.6 Å². The van der Waals surface area contributed by atoms with Crippen LogP contribution in [0.3, 0.4) is 0 Å². The molecule has 72 valence electrons. The highest BCUT2D eigenvalue weighted by Gasteiger charge is 2.08. The predicted octanol–water partition coefficient (Wildman–Crippen LogP) is 0.914. The minimum Gasteiger partial charge on any atom is -0.505 e. The molecule has 1 aromatic carbocycles. The van der Waals surface area contributed by atoms with Crippen LogP contribution in [0.5, 0.6) is 5.75 Å². The van der Waals surface area contributed by atoms with Crippen molar-refractivity contribution in [1.29, 1.82) is 0 Å². The van der Waals surface area contributed by atoms with Crippen LogP contribution >= 0.6 is 0 Å². The molecule has 4 heteroatoms. The molecule has 0 saturated heterocycles. The first-order valence-corrected chi connectivity index (χ1v) is 4.01. The van der Waals surface area contributed by atoms with Crippen LogP contribution < -0.4 is 5.73 Å². The summed E-state index contributed by atoms with van der Waals surface area (Å²) in [7, 11) is 0. The number of hydrogen-bond acceptors (Lipinski definition) is 3.